The molecular weight excluding hydrogens is 538 g/mol. The first-order valence-electron chi connectivity index (χ1n) is 13.6. The lowest BCUT2D eigenvalue weighted by Gasteiger charge is -2.24. The van der Waals surface area contributed by atoms with E-state index in [9.17, 15) is 14.4 Å². The molecule has 0 unspecified atom stereocenters. The average Bonchev–Trinajstić information content (AvgIpc) is 3.57. The molecule has 0 N–H and O–H groups in total. The van der Waals surface area contributed by atoms with E-state index in [-0.39, 0.29) is 18.5 Å². The van der Waals surface area contributed by atoms with E-state index in [1.807, 2.05) is 20.8 Å². The molecule has 1 aliphatic rings. The molecule has 0 aliphatic carbocycles. The van der Waals surface area contributed by atoms with Crippen molar-refractivity contribution in [3.05, 3.63) is 119 Å². The van der Waals surface area contributed by atoms with Crippen molar-refractivity contribution in [3.8, 4) is 0 Å². The zero-order valence-corrected chi connectivity index (χ0v) is 23.5. The number of hydrogen-bond donors (Lipinski definition) is 0. The molecule has 10 heteroatoms. The van der Waals surface area contributed by atoms with Gasteiger partial charge in [-0.25, -0.2) is 24.0 Å². The molecule has 1 saturated heterocycles. The molecule has 1 aliphatic heterocycles. The number of hydrogen-bond acceptors (Lipinski definition) is 9. The van der Waals surface area contributed by atoms with Gasteiger partial charge in [0.05, 0.1) is 16.7 Å². The molecule has 42 heavy (non-hydrogen) atoms. The summed E-state index contributed by atoms with van der Waals surface area (Å²) in [5, 5.41) is 4.61. The van der Waals surface area contributed by atoms with Gasteiger partial charge in [-0.1, -0.05) is 54.6 Å². The van der Waals surface area contributed by atoms with Crippen LogP contribution in [-0.4, -0.2) is 57.6 Å². The van der Waals surface area contributed by atoms with Gasteiger partial charge in [0.15, 0.2) is 24.1 Å². The quantitative estimate of drug-likeness (QED) is 0.204. The van der Waals surface area contributed by atoms with Crippen LogP contribution in [0.4, 0.5) is 0 Å². The molecule has 0 saturated carbocycles. The van der Waals surface area contributed by atoms with Crippen molar-refractivity contribution in [1.82, 2.24) is 14.8 Å². The first kappa shape index (κ1) is 28.7. The van der Waals surface area contributed by atoms with Crippen LogP contribution >= 0.6 is 0 Å². The van der Waals surface area contributed by atoms with E-state index in [2.05, 4.69) is 10.1 Å². The number of aryl methyl sites for hydroxylation is 1. The second-order valence-corrected chi connectivity index (χ2v) is 10.1. The number of nitrogens with zero attached hydrogens (tertiary/aromatic N) is 3. The van der Waals surface area contributed by atoms with Crippen LogP contribution in [-0.2, 0) is 18.9 Å². The van der Waals surface area contributed by atoms with E-state index in [1.165, 1.54) is 0 Å². The van der Waals surface area contributed by atoms with Crippen LogP contribution in [0.5, 0.6) is 0 Å². The number of aromatic nitrogens is 3. The highest BCUT2D eigenvalue weighted by Crippen LogP contribution is 2.37. The molecule has 10 nitrogen and oxygen atoms in total. The molecule has 4 atom stereocenters. The van der Waals surface area contributed by atoms with E-state index < -0.39 is 42.3 Å². The van der Waals surface area contributed by atoms with Gasteiger partial charge in [0.25, 0.3) is 0 Å². The standard InChI is InChI=1S/C32H31N3O7/c1-20(2)35-21(3)33-29(34-35)28-27(42-32(38)24-17-11-6-12-18-24)26(41-31(37)23-15-9-5-10-16-23)25(40-28)19-39-30(36)22-13-7-4-8-14-22/h4-18,20,25-28H,19H2,1-3H3/t25-,26-,27-,28-/m1/s1. The van der Waals surface area contributed by atoms with E-state index in [0.717, 1.165) is 0 Å². The number of ether oxygens (including phenoxy) is 4. The monoisotopic (exact) mass is 569 g/mol. The van der Waals surface area contributed by atoms with Crippen LogP contribution < -0.4 is 0 Å². The summed E-state index contributed by atoms with van der Waals surface area (Å²) in [6, 6.07) is 25.4. The number of carbonyl (C=O) groups excluding carboxylic acids is 3. The highest BCUT2D eigenvalue weighted by molar-refractivity contribution is 5.91. The average molecular weight is 570 g/mol. The summed E-state index contributed by atoms with van der Waals surface area (Å²) in [6.07, 6.45) is -4.29. The van der Waals surface area contributed by atoms with Crippen molar-refractivity contribution in [2.75, 3.05) is 6.61 Å². The summed E-state index contributed by atoms with van der Waals surface area (Å²) in [5.74, 6) is -0.983. The molecule has 0 amide bonds. The largest absolute Gasteiger partial charge is 0.459 e. The summed E-state index contributed by atoms with van der Waals surface area (Å²) < 4.78 is 25.5. The van der Waals surface area contributed by atoms with Crippen LogP contribution in [0.2, 0.25) is 0 Å². The topological polar surface area (TPSA) is 119 Å². The van der Waals surface area contributed by atoms with Crippen LogP contribution in [0.1, 0.15) is 68.7 Å². The lowest BCUT2D eigenvalue weighted by molar-refractivity contribution is -0.0454. The Morgan fingerprint density at radius 2 is 1.24 bits per heavy atom. The zero-order chi connectivity index (χ0) is 29.6. The van der Waals surface area contributed by atoms with Crippen LogP contribution in [0, 0.1) is 6.92 Å². The van der Waals surface area contributed by atoms with Crippen molar-refractivity contribution < 1.29 is 33.3 Å². The summed E-state index contributed by atoms with van der Waals surface area (Å²) in [6.45, 7) is 5.46. The van der Waals surface area contributed by atoms with Gasteiger partial charge < -0.3 is 18.9 Å². The number of rotatable bonds is 9. The minimum atomic E-state index is -1.15. The highest BCUT2D eigenvalue weighted by Gasteiger charge is 2.52. The van der Waals surface area contributed by atoms with Crippen LogP contribution in [0.25, 0.3) is 0 Å². The molecule has 2 heterocycles. The van der Waals surface area contributed by atoms with Gasteiger partial charge in [-0.3, -0.25) is 0 Å². The predicted octanol–water partition coefficient (Wildman–Crippen LogP) is 4.92. The minimum absolute atomic E-state index is 0.00676. The maximum absolute atomic E-state index is 13.3. The number of esters is 3. The molecule has 216 valence electrons. The highest BCUT2D eigenvalue weighted by atomic mass is 16.6. The second kappa shape index (κ2) is 12.8. The Hall–Kier alpha value is -4.83. The maximum atomic E-state index is 13.3. The fourth-order valence-electron chi connectivity index (χ4n) is 4.72. The molecule has 0 bridgehead atoms. The zero-order valence-electron chi connectivity index (χ0n) is 23.5. The minimum Gasteiger partial charge on any atom is -0.459 e. The third-order valence-corrected chi connectivity index (χ3v) is 6.77. The fraction of sp³-hybridized carbons (Fsp3) is 0.281. The molecule has 1 aromatic heterocycles. The summed E-state index contributed by atoms with van der Waals surface area (Å²) in [7, 11) is 0. The van der Waals surface area contributed by atoms with Gasteiger partial charge in [-0.2, -0.15) is 5.10 Å². The van der Waals surface area contributed by atoms with Crippen molar-refractivity contribution in [1.29, 1.82) is 0 Å². The van der Waals surface area contributed by atoms with Crippen molar-refractivity contribution in [3.63, 3.8) is 0 Å². The lowest BCUT2D eigenvalue weighted by atomic mass is 10.1. The van der Waals surface area contributed by atoms with Gasteiger partial charge in [0.2, 0.25) is 0 Å². The van der Waals surface area contributed by atoms with E-state index in [0.29, 0.717) is 22.5 Å². The molecule has 3 aromatic carbocycles. The third kappa shape index (κ3) is 6.39. The van der Waals surface area contributed by atoms with E-state index in [4.69, 9.17) is 18.9 Å². The Morgan fingerprint density at radius 3 is 1.71 bits per heavy atom. The summed E-state index contributed by atoms with van der Waals surface area (Å²) in [4.78, 5) is 43.9. The normalized spacial score (nSPS) is 19.8. The Bertz CT molecular complexity index is 1520. The molecule has 4 aromatic rings. The maximum Gasteiger partial charge on any atom is 0.338 e. The first-order valence-corrected chi connectivity index (χ1v) is 13.6. The summed E-state index contributed by atoms with van der Waals surface area (Å²) >= 11 is 0. The Morgan fingerprint density at radius 1 is 0.762 bits per heavy atom. The molecular formula is C32H31N3O7. The van der Waals surface area contributed by atoms with Crippen molar-refractivity contribution >= 4 is 17.9 Å². The molecule has 0 spiro atoms. The van der Waals surface area contributed by atoms with Gasteiger partial charge >= 0.3 is 17.9 Å². The predicted molar refractivity (Wildman–Crippen MR) is 151 cm³/mol. The molecule has 0 radical (unpaired) electrons. The Labute approximate surface area is 243 Å². The smallest absolute Gasteiger partial charge is 0.338 e. The van der Waals surface area contributed by atoms with Gasteiger partial charge in [0, 0.05) is 6.04 Å². The van der Waals surface area contributed by atoms with Crippen LogP contribution in [0.15, 0.2) is 91.0 Å². The van der Waals surface area contributed by atoms with Gasteiger partial charge in [0.1, 0.15) is 18.5 Å². The molecule has 5 rings (SSSR count). The first-order chi connectivity index (χ1) is 20.3. The number of benzene rings is 3. The van der Waals surface area contributed by atoms with Gasteiger partial charge in [-0.15, -0.1) is 0 Å². The lowest BCUT2D eigenvalue weighted by Crippen LogP contribution is -2.41. The van der Waals surface area contributed by atoms with Crippen LogP contribution in [0.3, 0.4) is 0 Å². The van der Waals surface area contributed by atoms with E-state index >= 15 is 0 Å². The fourth-order valence-corrected chi connectivity index (χ4v) is 4.72. The van der Waals surface area contributed by atoms with E-state index in [1.54, 1.807) is 95.7 Å². The summed E-state index contributed by atoms with van der Waals surface area (Å²) in [5.41, 5.74) is 0.956. The SMILES string of the molecule is Cc1nc([C@@H]2O[C@H](COC(=O)c3ccccc3)[C@@H](OC(=O)c3ccccc3)[C@H]2OC(=O)c2ccccc2)nn1C(C)C. The van der Waals surface area contributed by atoms with Gasteiger partial charge in [-0.05, 0) is 57.2 Å². The molecule has 1 fully saturated rings. The van der Waals surface area contributed by atoms with Crippen molar-refractivity contribution in [2.24, 2.45) is 0 Å². The number of carbonyl (C=O) groups is 3. The third-order valence-electron chi connectivity index (χ3n) is 6.77. The Kier molecular flexibility index (Phi) is 8.73. The Balaban J connectivity index is 1.49. The van der Waals surface area contributed by atoms with Crippen molar-refractivity contribution in [2.45, 2.75) is 51.2 Å². The second-order valence-electron chi connectivity index (χ2n) is 10.1.